The maximum absolute atomic E-state index is 3.71. The first-order valence-corrected chi connectivity index (χ1v) is 6.91. The van der Waals surface area contributed by atoms with E-state index in [1.807, 2.05) is 0 Å². The van der Waals surface area contributed by atoms with Gasteiger partial charge in [0.2, 0.25) is 0 Å². The molecule has 1 atom stereocenters. The smallest absolute Gasteiger partial charge is 0.0322 e. The molecule has 1 aliphatic heterocycles. The van der Waals surface area contributed by atoms with Crippen molar-refractivity contribution in [1.29, 1.82) is 0 Å². The summed E-state index contributed by atoms with van der Waals surface area (Å²) in [5, 5.41) is 3.71. The van der Waals surface area contributed by atoms with Gasteiger partial charge in [-0.25, -0.2) is 0 Å². The Hall–Kier alpha value is -1.08. The van der Waals surface area contributed by atoms with Gasteiger partial charge in [-0.2, -0.15) is 0 Å². The van der Waals surface area contributed by atoms with Crippen LogP contribution >= 0.6 is 0 Å². The summed E-state index contributed by atoms with van der Waals surface area (Å²) in [6, 6.07) is 11.5. The predicted octanol–water partition coefficient (Wildman–Crippen LogP) is 3.46. The minimum Gasteiger partial charge on any atom is -0.310 e. The van der Waals surface area contributed by atoms with Crippen LogP contribution in [0.3, 0.4) is 0 Å². The van der Waals surface area contributed by atoms with Crippen molar-refractivity contribution in [3.63, 3.8) is 0 Å². The van der Waals surface area contributed by atoms with Crippen LogP contribution in [-0.4, -0.2) is 12.6 Å². The molecule has 0 saturated carbocycles. The SMILES string of the molecule is c1ccc(C[C@H]2NCCC3=C2CCCC3)cc1. The fourth-order valence-corrected chi connectivity index (χ4v) is 3.26. The molecule has 1 aromatic carbocycles. The van der Waals surface area contributed by atoms with Crippen LogP contribution < -0.4 is 5.32 Å². The zero-order valence-electron chi connectivity index (χ0n) is 10.4. The molecular formula is C16H21N. The molecule has 0 saturated heterocycles. The molecular weight excluding hydrogens is 206 g/mol. The van der Waals surface area contributed by atoms with E-state index in [-0.39, 0.29) is 0 Å². The summed E-state index contributed by atoms with van der Waals surface area (Å²) in [7, 11) is 0. The summed E-state index contributed by atoms with van der Waals surface area (Å²) in [6.45, 7) is 1.18. The Bertz CT molecular complexity index is 401. The minimum absolute atomic E-state index is 0.612. The number of nitrogens with one attached hydrogen (secondary N) is 1. The van der Waals surface area contributed by atoms with Crippen molar-refractivity contribution in [3.05, 3.63) is 47.0 Å². The molecule has 1 heterocycles. The molecule has 0 aromatic heterocycles. The average Bonchev–Trinajstić information content (AvgIpc) is 2.40. The highest BCUT2D eigenvalue weighted by Gasteiger charge is 2.24. The van der Waals surface area contributed by atoms with E-state index in [1.165, 1.54) is 50.6 Å². The van der Waals surface area contributed by atoms with E-state index < -0.39 is 0 Å². The highest BCUT2D eigenvalue weighted by Crippen LogP contribution is 2.32. The second-order valence-corrected chi connectivity index (χ2v) is 5.28. The van der Waals surface area contributed by atoms with Crippen molar-refractivity contribution in [3.8, 4) is 0 Å². The van der Waals surface area contributed by atoms with Crippen molar-refractivity contribution < 1.29 is 0 Å². The van der Waals surface area contributed by atoms with Crippen LogP contribution in [0.25, 0.3) is 0 Å². The van der Waals surface area contributed by atoms with Crippen molar-refractivity contribution in [2.75, 3.05) is 6.54 Å². The van der Waals surface area contributed by atoms with E-state index in [9.17, 15) is 0 Å². The van der Waals surface area contributed by atoms with Crippen molar-refractivity contribution in [2.45, 2.75) is 44.6 Å². The maximum Gasteiger partial charge on any atom is 0.0322 e. The lowest BCUT2D eigenvalue weighted by molar-refractivity contribution is 0.474. The molecule has 0 bridgehead atoms. The first kappa shape index (κ1) is 11.0. The van der Waals surface area contributed by atoms with Gasteiger partial charge in [0.1, 0.15) is 0 Å². The number of benzene rings is 1. The second-order valence-electron chi connectivity index (χ2n) is 5.28. The lowest BCUT2D eigenvalue weighted by Gasteiger charge is -2.33. The van der Waals surface area contributed by atoms with Gasteiger partial charge < -0.3 is 5.32 Å². The first-order valence-electron chi connectivity index (χ1n) is 6.91. The molecule has 0 spiro atoms. The highest BCUT2D eigenvalue weighted by atomic mass is 14.9. The van der Waals surface area contributed by atoms with Crippen LogP contribution in [0.1, 0.15) is 37.7 Å². The Kier molecular flexibility index (Phi) is 3.28. The van der Waals surface area contributed by atoms with Crippen LogP contribution in [0.15, 0.2) is 41.5 Å². The largest absolute Gasteiger partial charge is 0.310 e. The fraction of sp³-hybridized carbons (Fsp3) is 0.500. The molecule has 1 heteroatoms. The third kappa shape index (κ3) is 2.44. The Morgan fingerprint density at radius 3 is 2.71 bits per heavy atom. The molecule has 0 fully saturated rings. The molecule has 0 amide bonds. The molecule has 2 aliphatic rings. The van der Waals surface area contributed by atoms with Gasteiger partial charge in [0.25, 0.3) is 0 Å². The van der Waals surface area contributed by atoms with Gasteiger partial charge in [-0.05, 0) is 50.6 Å². The van der Waals surface area contributed by atoms with E-state index in [1.54, 1.807) is 11.1 Å². The van der Waals surface area contributed by atoms with Crippen molar-refractivity contribution in [1.82, 2.24) is 5.32 Å². The standard InChI is InChI=1S/C16H21N/c1-2-6-13(7-3-1)12-16-15-9-5-4-8-14(15)10-11-17-16/h1-3,6-7,16-17H,4-5,8-12H2/t16-/m1/s1. The van der Waals surface area contributed by atoms with Gasteiger partial charge in [-0.3, -0.25) is 0 Å². The number of hydrogen-bond donors (Lipinski definition) is 1. The third-order valence-corrected chi connectivity index (χ3v) is 4.15. The normalized spacial score (nSPS) is 24.6. The van der Waals surface area contributed by atoms with Gasteiger partial charge in [-0.15, -0.1) is 0 Å². The van der Waals surface area contributed by atoms with Crippen LogP contribution in [0.4, 0.5) is 0 Å². The minimum atomic E-state index is 0.612. The molecule has 1 aliphatic carbocycles. The van der Waals surface area contributed by atoms with Gasteiger partial charge in [0.05, 0.1) is 0 Å². The lowest BCUT2D eigenvalue weighted by Crippen LogP contribution is -2.39. The summed E-state index contributed by atoms with van der Waals surface area (Å²) in [5.74, 6) is 0. The Labute approximate surface area is 104 Å². The van der Waals surface area contributed by atoms with Crippen LogP contribution in [0.2, 0.25) is 0 Å². The third-order valence-electron chi connectivity index (χ3n) is 4.15. The second kappa shape index (κ2) is 5.05. The van der Waals surface area contributed by atoms with E-state index in [2.05, 4.69) is 35.6 Å². The zero-order chi connectivity index (χ0) is 11.5. The Morgan fingerprint density at radius 1 is 1.00 bits per heavy atom. The molecule has 0 unspecified atom stereocenters. The van der Waals surface area contributed by atoms with E-state index in [4.69, 9.17) is 0 Å². The summed E-state index contributed by atoms with van der Waals surface area (Å²) < 4.78 is 0. The van der Waals surface area contributed by atoms with Crippen LogP contribution in [-0.2, 0) is 6.42 Å². The fourth-order valence-electron chi connectivity index (χ4n) is 3.26. The summed E-state index contributed by atoms with van der Waals surface area (Å²) in [6.07, 6.45) is 7.96. The Morgan fingerprint density at radius 2 is 1.82 bits per heavy atom. The monoisotopic (exact) mass is 227 g/mol. The lowest BCUT2D eigenvalue weighted by atomic mass is 9.81. The van der Waals surface area contributed by atoms with Gasteiger partial charge in [0, 0.05) is 6.04 Å². The van der Waals surface area contributed by atoms with E-state index in [0.29, 0.717) is 6.04 Å². The quantitative estimate of drug-likeness (QED) is 0.763. The predicted molar refractivity (Wildman–Crippen MR) is 72.0 cm³/mol. The van der Waals surface area contributed by atoms with Gasteiger partial charge >= 0.3 is 0 Å². The van der Waals surface area contributed by atoms with Gasteiger partial charge in [-0.1, -0.05) is 41.5 Å². The molecule has 90 valence electrons. The molecule has 17 heavy (non-hydrogen) atoms. The summed E-state index contributed by atoms with van der Waals surface area (Å²) >= 11 is 0. The average molecular weight is 227 g/mol. The molecule has 1 nitrogen and oxygen atoms in total. The summed E-state index contributed by atoms with van der Waals surface area (Å²) in [5.41, 5.74) is 4.98. The van der Waals surface area contributed by atoms with Crippen molar-refractivity contribution >= 4 is 0 Å². The maximum atomic E-state index is 3.71. The molecule has 1 N–H and O–H groups in total. The van der Waals surface area contributed by atoms with Crippen LogP contribution in [0.5, 0.6) is 0 Å². The van der Waals surface area contributed by atoms with Crippen LogP contribution in [0, 0.1) is 0 Å². The Balaban J connectivity index is 1.78. The van der Waals surface area contributed by atoms with E-state index >= 15 is 0 Å². The molecule has 0 radical (unpaired) electrons. The van der Waals surface area contributed by atoms with Crippen molar-refractivity contribution in [2.24, 2.45) is 0 Å². The van der Waals surface area contributed by atoms with Gasteiger partial charge in [0.15, 0.2) is 0 Å². The first-order chi connectivity index (χ1) is 8.43. The molecule has 3 rings (SSSR count). The highest BCUT2D eigenvalue weighted by molar-refractivity contribution is 5.28. The van der Waals surface area contributed by atoms with E-state index in [0.717, 1.165) is 0 Å². The molecule has 1 aromatic rings. The number of rotatable bonds is 2. The zero-order valence-corrected chi connectivity index (χ0v) is 10.4. The summed E-state index contributed by atoms with van der Waals surface area (Å²) in [4.78, 5) is 0. The number of hydrogen-bond acceptors (Lipinski definition) is 1. The topological polar surface area (TPSA) is 12.0 Å².